The smallest absolute Gasteiger partial charge is 0.159 e. The van der Waals surface area contributed by atoms with Crippen molar-refractivity contribution in [3.05, 3.63) is 102 Å². The number of hydrogen-bond donors (Lipinski definition) is 0. The second-order valence-electron chi connectivity index (χ2n) is 13.3. The second kappa shape index (κ2) is 11.4. The molecule has 5 nitrogen and oxygen atoms in total. The van der Waals surface area contributed by atoms with Crippen molar-refractivity contribution < 1.29 is 0 Å². The largest absolute Gasteiger partial charge is 0.310 e. The van der Waals surface area contributed by atoms with Gasteiger partial charge in [-0.3, -0.25) is 0 Å². The summed E-state index contributed by atoms with van der Waals surface area (Å²) in [4.78, 5) is 21.4. The van der Waals surface area contributed by atoms with Crippen LogP contribution in [-0.4, -0.2) is 36.1 Å². The van der Waals surface area contributed by atoms with E-state index in [4.69, 9.17) is 19.9 Å². The minimum atomic E-state index is -1.48. The zero-order valence-corrected chi connectivity index (χ0v) is 28.3. The molecule has 7 heteroatoms. The van der Waals surface area contributed by atoms with Crippen molar-refractivity contribution in [2.24, 2.45) is 0 Å². The number of rotatable bonds is 7. The van der Waals surface area contributed by atoms with Gasteiger partial charge >= 0.3 is 0 Å². The van der Waals surface area contributed by atoms with Gasteiger partial charge < -0.3 is 4.90 Å². The number of aromatic nitrogens is 4. The van der Waals surface area contributed by atoms with Crippen LogP contribution in [0, 0.1) is 20.8 Å². The van der Waals surface area contributed by atoms with Crippen LogP contribution < -0.4 is 15.3 Å². The Balaban J connectivity index is 1.63. The minimum absolute atomic E-state index is 0.737. The molecule has 0 saturated carbocycles. The van der Waals surface area contributed by atoms with Crippen molar-refractivity contribution in [1.29, 1.82) is 0 Å². The number of nitrogens with zero attached hydrogens (tertiary/aromatic N) is 5. The highest BCUT2D eigenvalue weighted by atomic mass is 28.3. The average molecular weight is 588 g/mol. The fourth-order valence-corrected chi connectivity index (χ4v) is 7.04. The average Bonchev–Trinajstić information content (AvgIpc) is 2.94. The molecule has 2 aromatic heterocycles. The predicted molar refractivity (Wildman–Crippen MR) is 183 cm³/mol. The van der Waals surface area contributed by atoms with Crippen LogP contribution in [0.4, 0.5) is 17.1 Å². The Morgan fingerprint density at radius 3 is 1.26 bits per heavy atom. The Morgan fingerprint density at radius 2 is 0.905 bits per heavy atom. The van der Waals surface area contributed by atoms with Crippen molar-refractivity contribution in [2.75, 3.05) is 4.90 Å². The Hall–Kier alpha value is -3.95. The van der Waals surface area contributed by atoms with Crippen LogP contribution >= 0.6 is 0 Å². The Kier molecular flexibility index (Phi) is 8.01. The topological polar surface area (TPSA) is 54.8 Å². The summed E-state index contributed by atoms with van der Waals surface area (Å²) in [6.07, 6.45) is 8.02. The van der Waals surface area contributed by atoms with Crippen molar-refractivity contribution in [3.8, 4) is 22.8 Å². The van der Waals surface area contributed by atoms with Crippen molar-refractivity contribution in [1.82, 2.24) is 19.9 Å². The van der Waals surface area contributed by atoms with Crippen molar-refractivity contribution in [3.63, 3.8) is 0 Å². The summed E-state index contributed by atoms with van der Waals surface area (Å²) in [6.45, 7) is 20.4. The molecule has 0 spiro atoms. The van der Waals surface area contributed by atoms with Crippen molar-refractivity contribution >= 4 is 43.6 Å². The fraction of sp³-hybridized carbons (Fsp3) is 0.257. The lowest BCUT2D eigenvalue weighted by molar-refractivity contribution is 1.17. The summed E-state index contributed by atoms with van der Waals surface area (Å²) in [7, 11) is -2.96. The van der Waals surface area contributed by atoms with Gasteiger partial charge in [0.25, 0.3) is 0 Å². The minimum Gasteiger partial charge on any atom is -0.310 e. The van der Waals surface area contributed by atoms with Gasteiger partial charge in [0.05, 0.1) is 21.8 Å². The summed E-state index contributed by atoms with van der Waals surface area (Å²) in [6, 6.07) is 21.5. The van der Waals surface area contributed by atoms with Gasteiger partial charge in [-0.15, -0.1) is 0 Å². The van der Waals surface area contributed by atoms with Crippen LogP contribution in [0.2, 0.25) is 39.3 Å². The maximum atomic E-state index is 4.78. The molecule has 0 atom stereocenters. The fourth-order valence-electron chi connectivity index (χ4n) is 5.23. The van der Waals surface area contributed by atoms with Crippen molar-refractivity contribution in [2.45, 2.75) is 60.1 Å². The molecular formula is C35H41N5Si2. The summed E-state index contributed by atoms with van der Waals surface area (Å²) < 4.78 is 0. The SMILES string of the molecule is Cc1cc(C)c(N(c2cccc(-c3ncc([Si](C)(C)C)cn3)c2)c2cccc(-c3ncc([Si](C)(C)C)cn3)c2)c(C)c1. The Morgan fingerprint density at radius 1 is 0.524 bits per heavy atom. The summed E-state index contributed by atoms with van der Waals surface area (Å²) in [5.41, 5.74) is 8.93. The van der Waals surface area contributed by atoms with Crippen LogP contribution in [0.3, 0.4) is 0 Å². The molecule has 0 unspecified atom stereocenters. The first kappa shape index (κ1) is 29.5. The molecule has 0 bridgehead atoms. The monoisotopic (exact) mass is 587 g/mol. The first-order valence-corrected chi connectivity index (χ1v) is 21.6. The number of hydrogen-bond acceptors (Lipinski definition) is 5. The molecule has 0 N–H and O–H groups in total. The molecule has 5 aromatic rings. The van der Waals surface area contributed by atoms with Crippen LogP contribution in [-0.2, 0) is 0 Å². The lowest BCUT2D eigenvalue weighted by Crippen LogP contribution is -2.38. The van der Waals surface area contributed by atoms with E-state index in [-0.39, 0.29) is 0 Å². The standard InChI is InChI=1S/C35H41N5Si2/c1-24-16-25(2)33(26(3)17-24)40(29-14-10-12-27(18-29)34-36-20-31(21-37-34)41(4,5)6)30-15-11-13-28(19-30)35-38-22-32(23-39-35)42(7,8)9/h10-23H,1-9H3. The normalized spacial score (nSPS) is 11.9. The van der Waals surface area contributed by atoms with Crippen LogP contribution in [0.25, 0.3) is 22.8 Å². The van der Waals surface area contributed by atoms with Crippen LogP contribution in [0.1, 0.15) is 16.7 Å². The highest BCUT2D eigenvalue weighted by Gasteiger charge is 2.21. The van der Waals surface area contributed by atoms with Gasteiger partial charge in [-0.1, -0.05) is 81.2 Å². The lowest BCUT2D eigenvalue weighted by atomic mass is 10.0. The molecule has 42 heavy (non-hydrogen) atoms. The second-order valence-corrected chi connectivity index (χ2v) is 23.4. The van der Waals surface area contributed by atoms with Gasteiger partial charge in [-0.05, 0) is 66.5 Å². The van der Waals surface area contributed by atoms with E-state index in [1.165, 1.54) is 32.8 Å². The van der Waals surface area contributed by atoms with Gasteiger partial charge in [-0.25, -0.2) is 19.9 Å². The molecule has 0 saturated heterocycles. The van der Waals surface area contributed by atoms with Gasteiger partial charge in [0.15, 0.2) is 11.6 Å². The molecule has 0 aliphatic heterocycles. The Bertz CT molecular complexity index is 1590. The molecular weight excluding hydrogens is 547 g/mol. The summed E-state index contributed by atoms with van der Waals surface area (Å²) in [5.74, 6) is 1.47. The molecule has 0 amide bonds. The third-order valence-corrected chi connectivity index (χ3v) is 11.6. The van der Waals surface area contributed by atoms with E-state index >= 15 is 0 Å². The highest BCUT2D eigenvalue weighted by Crippen LogP contribution is 2.41. The summed E-state index contributed by atoms with van der Waals surface area (Å²) >= 11 is 0. The zero-order valence-electron chi connectivity index (χ0n) is 26.3. The first-order valence-electron chi connectivity index (χ1n) is 14.6. The molecule has 214 valence electrons. The van der Waals surface area contributed by atoms with Gasteiger partial charge in [0, 0.05) is 47.3 Å². The Labute approximate surface area is 252 Å². The molecule has 0 radical (unpaired) electrons. The van der Waals surface area contributed by atoms with Gasteiger partial charge in [-0.2, -0.15) is 0 Å². The number of anilines is 3. The van der Waals surface area contributed by atoms with E-state index in [9.17, 15) is 0 Å². The van der Waals surface area contributed by atoms with E-state index < -0.39 is 16.1 Å². The maximum absolute atomic E-state index is 4.78. The van der Waals surface area contributed by atoms with E-state index in [0.29, 0.717) is 0 Å². The molecule has 0 aliphatic rings. The molecule has 0 aliphatic carbocycles. The quantitative estimate of drug-likeness (QED) is 0.180. The molecule has 0 fully saturated rings. The molecule has 3 aromatic carbocycles. The van der Waals surface area contributed by atoms with E-state index in [1.807, 2.05) is 24.8 Å². The van der Waals surface area contributed by atoms with Crippen LogP contribution in [0.5, 0.6) is 0 Å². The third kappa shape index (κ3) is 6.27. The van der Waals surface area contributed by atoms with Crippen LogP contribution in [0.15, 0.2) is 85.5 Å². The third-order valence-electron chi connectivity index (χ3n) is 7.62. The maximum Gasteiger partial charge on any atom is 0.159 e. The van der Waals surface area contributed by atoms with Gasteiger partial charge in [0.1, 0.15) is 0 Å². The highest BCUT2D eigenvalue weighted by molar-refractivity contribution is 6.89. The zero-order chi connectivity index (χ0) is 30.2. The van der Waals surface area contributed by atoms with E-state index in [2.05, 4.69) is 126 Å². The summed E-state index contributed by atoms with van der Waals surface area (Å²) in [5, 5.41) is 2.51. The predicted octanol–water partition coefficient (Wildman–Crippen LogP) is 8.09. The lowest BCUT2D eigenvalue weighted by Gasteiger charge is -2.29. The number of aryl methyl sites for hydroxylation is 3. The molecule has 2 heterocycles. The van der Waals surface area contributed by atoms with E-state index in [1.54, 1.807) is 0 Å². The molecule has 5 rings (SSSR count). The first-order chi connectivity index (χ1) is 19.8. The van der Waals surface area contributed by atoms with Gasteiger partial charge in [0.2, 0.25) is 0 Å². The number of benzene rings is 3. The van der Waals surface area contributed by atoms with E-state index in [0.717, 1.165) is 34.2 Å².